The number of esters is 1. The molecule has 0 bridgehead atoms. The van der Waals surface area contributed by atoms with Gasteiger partial charge in [0.1, 0.15) is 23.8 Å². The molecule has 0 aliphatic carbocycles. The van der Waals surface area contributed by atoms with Gasteiger partial charge < -0.3 is 9.15 Å². The first kappa shape index (κ1) is 16.2. The lowest BCUT2D eigenvalue weighted by Crippen LogP contribution is -2.16. The monoisotopic (exact) mass is 388 g/mol. The van der Waals surface area contributed by atoms with Crippen molar-refractivity contribution in [3.8, 4) is 0 Å². The van der Waals surface area contributed by atoms with Crippen molar-refractivity contribution in [2.45, 2.75) is 13.5 Å². The van der Waals surface area contributed by atoms with Gasteiger partial charge in [-0.15, -0.1) is 0 Å². The highest BCUT2D eigenvalue weighted by atomic mass is 79.9. The standard InChI is InChI=1S/C17H13BrN2O4/c1-11-2-4-14(24-11)5-7-17(22)23-10-13-8-16(21)20-9-12(18)3-6-15(20)19-13/h2-9H,10H2,1H3/b7-5+. The number of halogens is 1. The van der Waals surface area contributed by atoms with E-state index in [1.54, 1.807) is 30.5 Å². The molecule has 0 saturated heterocycles. The van der Waals surface area contributed by atoms with E-state index in [1.165, 1.54) is 22.6 Å². The normalized spacial score (nSPS) is 11.2. The van der Waals surface area contributed by atoms with Gasteiger partial charge in [-0.05, 0) is 53.2 Å². The number of carbonyl (C=O) groups excluding carboxylic acids is 1. The Labute approximate surface area is 145 Å². The molecular weight excluding hydrogens is 376 g/mol. The van der Waals surface area contributed by atoms with Gasteiger partial charge in [-0.3, -0.25) is 9.20 Å². The van der Waals surface area contributed by atoms with Crippen LogP contribution >= 0.6 is 15.9 Å². The van der Waals surface area contributed by atoms with Gasteiger partial charge in [0.05, 0.1) is 5.69 Å². The van der Waals surface area contributed by atoms with Gasteiger partial charge in [0.15, 0.2) is 0 Å². The Morgan fingerprint density at radius 1 is 1.38 bits per heavy atom. The summed E-state index contributed by atoms with van der Waals surface area (Å²) in [4.78, 5) is 28.1. The Morgan fingerprint density at radius 2 is 2.21 bits per heavy atom. The number of hydrogen-bond donors (Lipinski definition) is 0. The Bertz CT molecular complexity index is 988. The van der Waals surface area contributed by atoms with Gasteiger partial charge in [-0.2, -0.15) is 0 Å². The second-order valence-electron chi connectivity index (χ2n) is 5.05. The van der Waals surface area contributed by atoms with E-state index in [0.29, 0.717) is 17.1 Å². The van der Waals surface area contributed by atoms with Gasteiger partial charge in [-0.25, -0.2) is 9.78 Å². The molecule has 24 heavy (non-hydrogen) atoms. The molecule has 0 aliphatic rings. The maximum absolute atomic E-state index is 12.0. The molecule has 0 atom stereocenters. The first-order valence-electron chi connectivity index (χ1n) is 7.10. The molecule has 0 radical (unpaired) electrons. The predicted molar refractivity (Wildman–Crippen MR) is 91.4 cm³/mol. The van der Waals surface area contributed by atoms with E-state index in [1.807, 2.05) is 6.92 Å². The maximum atomic E-state index is 12.0. The zero-order valence-corrected chi connectivity index (χ0v) is 14.3. The number of pyridine rings is 1. The summed E-state index contributed by atoms with van der Waals surface area (Å²) >= 11 is 3.30. The number of ether oxygens (including phenoxy) is 1. The summed E-state index contributed by atoms with van der Waals surface area (Å²) in [5.74, 6) is 0.787. The van der Waals surface area contributed by atoms with Crippen LogP contribution in [0.4, 0.5) is 0 Å². The van der Waals surface area contributed by atoms with Crippen LogP contribution < -0.4 is 5.56 Å². The minimum absolute atomic E-state index is 0.0812. The molecule has 0 saturated carbocycles. The molecule has 0 aliphatic heterocycles. The minimum Gasteiger partial charge on any atom is -0.462 e. The fourth-order valence-corrected chi connectivity index (χ4v) is 2.42. The van der Waals surface area contributed by atoms with Gasteiger partial charge in [0.25, 0.3) is 5.56 Å². The first-order valence-corrected chi connectivity index (χ1v) is 7.90. The third-order valence-corrected chi connectivity index (χ3v) is 3.65. The second-order valence-corrected chi connectivity index (χ2v) is 5.97. The van der Waals surface area contributed by atoms with Crippen LogP contribution in [0.15, 0.2) is 56.3 Å². The van der Waals surface area contributed by atoms with Crippen LogP contribution in [-0.4, -0.2) is 15.4 Å². The van der Waals surface area contributed by atoms with Gasteiger partial charge in [0, 0.05) is 22.8 Å². The quantitative estimate of drug-likeness (QED) is 0.507. The lowest BCUT2D eigenvalue weighted by molar-refractivity contribution is -0.139. The molecule has 0 amide bonds. The van der Waals surface area contributed by atoms with E-state index in [-0.39, 0.29) is 12.2 Å². The van der Waals surface area contributed by atoms with Crippen molar-refractivity contribution in [2.75, 3.05) is 0 Å². The number of rotatable bonds is 4. The van der Waals surface area contributed by atoms with Gasteiger partial charge >= 0.3 is 5.97 Å². The molecular formula is C17H13BrN2O4. The SMILES string of the molecule is Cc1ccc(/C=C/C(=O)OCc2cc(=O)n3cc(Br)ccc3n2)o1. The van der Waals surface area contributed by atoms with Crippen molar-refractivity contribution in [3.63, 3.8) is 0 Å². The predicted octanol–water partition coefficient (Wildman–Crippen LogP) is 3.12. The van der Waals surface area contributed by atoms with E-state index in [2.05, 4.69) is 20.9 Å². The van der Waals surface area contributed by atoms with Crippen molar-refractivity contribution < 1.29 is 13.9 Å². The summed E-state index contributed by atoms with van der Waals surface area (Å²) in [5.41, 5.74) is 0.630. The average molecular weight is 389 g/mol. The highest BCUT2D eigenvalue weighted by molar-refractivity contribution is 9.10. The van der Waals surface area contributed by atoms with Crippen LogP contribution in [-0.2, 0) is 16.1 Å². The third-order valence-electron chi connectivity index (χ3n) is 3.18. The van der Waals surface area contributed by atoms with Crippen LogP contribution in [0, 0.1) is 6.92 Å². The summed E-state index contributed by atoms with van der Waals surface area (Å²) in [6.45, 7) is 1.74. The lowest BCUT2D eigenvalue weighted by atomic mass is 10.3. The Balaban J connectivity index is 1.69. The van der Waals surface area contributed by atoms with Crippen molar-refractivity contribution in [1.82, 2.24) is 9.38 Å². The topological polar surface area (TPSA) is 73.8 Å². The number of aryl methyl sites for hydroxylation is 1. The first-order chi connectivity index (χ1) is 11.5. The smallest absolute Gasteiger partial charge is 0.331 e. The fourth-order valence-electron chi connectivity index (χ4n) is 2.09. The lowest BCUT2D eigenvalue weighted by Gasteiger charge is -2.04. The Hall–Kier alpha value is -2.67. The number of furan rings is 1. The summed E-state index contributed by atoms with van der Waals surface area (Å²) < 4.78 is 12.6. The van der Waals surface area contributed by atoms with Crippen LogP contribution in [0.2, 0.25) is 0 Å². The van der Waals surface area contributed by atoms with Crippen LogP contribution in [0.25, 0.3) is 11.7 Å². The Morgan fingerprint density at radius 3 is 2.96 bits per heavy atom. The van der Waals surface area contributed by atoms with Crippen molar-refractivity contribution in [1.29, 1.82) is 0 Å². The van der Waals surface area contributed by atoms with E-state index < -0.39 is 5.97 Å². The number of fused-ring (bicyclic) bond motifs is 1. The fraction of sp³-hybridized carbons (Fsp3) is 0.118. The molecule has 3 aromatic rings. The van der Waals surface area contributed by atoms with Gasteiger partial charge in [-0.1, -0.05) is 0 Å². The molecule has 0 spiro atoms. The zero-order chi connectivity index (χ0) is 17.1. The molecule has 7 heteroatoms. The number of carbonyl (C=O) groups is 1. The van der Waals surface area contributed by atoms with E-state index >= 15 is 0 Å². The van der Waals surface area contributed by atoms with E-state index in [9.17, 15) is 9.59 Å². The highest BCUT2D eigenvalue weighted by Gasteiger charge is 2.05. The number of nitrogens with zero attached hydrogens (tertiary/aromatic N) is 2. The molecule has 3 aromatic heterocycles. The van der Waals surface area contributed by atoms with Crippen LogP contribution in [0.3, 0.4) is 0 Å². The highest BCUT2D eigenvalue weighted by Crippen LogP contribution is 2.10. The Kier molecular flexibility index (Phi) is 4.61. The van der Waals surface area contributed by atoms with Crippen molar-refractivity contribution in [2.24, 2.45) is 0 Å². The molecule has 122 valence electrons. The molecule has 0 fully saturated rings. The van der Waals surface area contributed by atoms with Crippen LogP contribution in [0.1, 0.15) is 17.2 Å². The molecule has 0 aromatic carbocycles. The molecule has 3 heterocycles. The minimum atomic E-state index is -0.540. The van der Waals surface area contributed by atoms with Crippen molar-refractivity contribution >= 4 is 33.6 Å². The summed E-state index contributed by atoms with van der Waals surface area (Å²) in [6, 6.07) is 8.38. The third kappa shape index (κ3) is 3.80. The van der Waals surface area contributed by atoms with Gasteiger partial charge in [0.2, 0.25) is 0 Å². The molecule has 3 rings (SSSR count). The largest absolute Gasteiger partial charge is 0.462 e. The molecule has 0 unspecified atom stereocenters. The summed E-state index contributed by atoms with van der Waals surface area (Å²) in [7, 11) is 0. The average Bonchev–Trinajstić information content (AvgIpc) is 2.97. The van der Waals surface area contributed by atoms with Crippen molar-refractivity contribution in [3.05, 3.63) is 74.6 Å². The summed E-state index contributed by atoms with van der Waals surface area (Å²) in [5, 5.41) is 0. The van der Waals surface area contributed by atoms with Crippen LogP contribution in [0.5, 0.6) is 0 Å². The summed E-state index contributed by atoms with van der Waals surface area (Å²) in [6.07, 6.45) is 4.42. The maximum Gasteiger partial charge on any atom is 0.331 e. The molecule has 6 nitrogen and oxygen atoms in total. The zero-order valence-electron chi connectivity index (χ0n) is 12.7. The second kappa shape index (κ2) is 6.84. The number of hydrogen-bond acceptors (Lipinski definition) is 5. The number of aromatic nitrogens is 2. The van der Waals surface area contributed by atoms with E-state index in [0.717, 1.165) is 10.2 Å². The van der Waals surface area contributed by atoms with E-state index in [4.69, 9.17) is 9.15 Å². The molecule has 0 N–H and O–H groups in total.